The summed E-state index contributed by atoms with van der Waals surface area (Å²) in [7, 11) is 0. The number of carbonyl (C=O) groups is 1. The van der Waals surface area contributed by atoms with Crippen LogP contribution in [0.25, 0.3) is 12.2 Å². The molecule has 0 amide bonds. The smallest absolute Gasteiger partial charge is 0.162 e. The lowest BCUT2D eigenvalue weighted by atomic mass is 9.87. The van der Waals surface area contributed by atoms with Gasteiger partial charge in [0.2, 0.25) is 0 Å². The lowest BCUT2D eigenvalue weighted by Crippen LogP contribution is -2.21. The fourth-order valence-electron chi connectivity index (χ4n) is 4.30. The van der Waals surface area contributed by atoms with Crippen LogP contribution in [-0.4, -0.2) is 32.0 Å². The van der Waals surface area contributed by atoms with Gasteiger partial charge in [0.05, 0.1) is 0 Å². The van der Waals surface area contributed by atoms with Crippen LogP contribution >= 0.6 is 0 Å². The van der Waals surface area contributed by atoms with Crippen molar-refractivity contribution in [2.45, 2.75) is 47.0 Å². The van der Waals surface area contributed by atoms with Gasteiger partial charge in [-0.05, 0) is 87.6 Å². The summed E-state index contributed by atoms with van der Waals surface area (Å²) in [5, 5.41) is 0. The van der Waals surface area contributed by atoms with Crippen LogP contribution in [0.4, 0.5) is 11.4 Å². The molecule has 2 aromatic carbocycles. The highest BCUT2D eigenvalue weighted by Gasteiger charge is 2.18. The number of Topliss-reactive ketones (excluding diaryl/α,β-unsaturated/α-hetero) is 1. The summed E-state index contributed by atoms with van der Waals surface area (Å²) in [5.74, 6) is 0.255. The van der Waals surface area contributed by atoms with Gasteiger partial charge >= 0.3 is 0 Å². The van der Waals surface area contributed by atoms with Crippen LogP contribution in [0.3, 0.4) is 0 Å². The number of carbonyl (C=O) groups excluding carboxylic acids is 1. The van der Waals surface area contributed by atoms with Gasteiger partial charge in [0, 0.05) is 44.0 Å². The van der Waals surface area contributed by atoms with Gasteiger partial charge in [0.15, 0.2) is 5.78 Å². The number of nitrogens with zero attached hydrogens (tertiary/aromatic N) is 2. The second-order valence-corrected chi connectivity index (χ2v) is 8.10. The van der Waals surface area contributed by atoms with Crippen molar-refractivity contribution >= 4 is 29.3 Å². The summed E-state index contributed by atoms with van der Waals surface area (Å²) < 4.78 is 0. The lowest BCUT2D eigenvalue weighted by Gasteiger charge is -2.21. The van der Waals surface area contributed by atoms with E-state index < -0.39 is 0 Å². The number of allylic oxidation sites excluding steroid dienone is 2. The summed E-state index contributed by atoms with van der Waals surface area (Å²) in [4.78, 5) is 17.4. The number of benzene rings is 2. The number of anilines is 2. The van der Waals surface area contributed by atoms with Crippen molar-refractivity contribution in [1.29, 1.82) is 0 Å². The van der Waals surface area contributed by atoms with E-state index in [9.17, 15) is 4.79 Å². The third-order valence-electron chi connectivity index (χ3n) is 6.22. The van der Waals surface area contributed by atoms with Crippen molar-refractivity contribution in [3.63, 3.8) is 0 Å². The zero-order valence-electron chi connectivity index (χ0n) is 19.5. The molecule has 0 heterocycles. The van der Waals surface area contributed by atoms with Gasteiger partial charge in [-0.1, -0.05) is 35.9 Å². The Morgan fingerprint density at radius 3 is 1.55 bits per heavy atom. The summed E-state index contributed by atoms with van der Waals surface area (Å²) in [6.07, 6.45) is 6.57. The highest BCUT2D eigenvalue weighted by atomic mass is 16.1. The molecule has 1 aliphatic rings. The molecule has 1 fully saturated rings. The molecule has 3 rings (SSSR count). The van der Waals surface area contributed by atoms with Gasteiger partial charge in [0.1, 0.15) is 0 Å². The molecule has 3 heteroatoms. The van der Waals surface area contributed by atoms with Crippen LogP contribution in [0.1, 0.15) is 58.1 Å². The molecule has 0 aliphatic heterocycles. The second-order valence-electron chi connectivity index (χ2n) is 8.10. The molecule has 0 spiro atoms. The maximum Gasteiger partial charge on any atom is 0.162 e. The van der Waals surface area contributed by atoms with E-state index in [-0.39, 0.29) is 5.78 Å². The Bertz CT molecular complexity index is 914. The van der Waals surface area contributed by atoms with Crippen LogP contribution in [0.5, 0.6) is 0 Å². The lowest BCUT2D eigenvalue weighted by molar-refractivity contribution is -0.115. The first-order valence-corrected chi connectivity index (χ1v) is 11.7. The minimum absolute atomic E-state index is 0.255. The maximum atomic E-state index is 12.8. The molecule has 0 radical (unpaired) electrons. The molecule has 0 bridgehead atoms. The Labute approximate surface area is 188 Å². The molecular weight excluding hydrogens is 380 g/mol. The highest BCUT2D eigenvalue weighted by molar-refractivity contribution is 6.02. The largest absolute Gasteiger partial charge is 0.372 e. The van der Waals surface area contributed by atoms with Crippen molar-refractivity contribution < 1.29 is 4.79 Å². The van der Waals surface area contributed by atoms with Crippen molar-refractivity contribution in [1.82, 2.24) is 0 Å². The van der Waals surface area contributed by atoms with E-state index in [1.54, 1.807) is 0 Å². The van der Waals surface area contributed by atoms with Crippen LogP contribution in [0, 0.1) is 0 Å². The standard InChI is InChI=1S/C28H36N2O/c1-5-29(6-2)26-15-10-22(11-16-26)19-24-9-14-25(28(31)21-24)20-23-12-17-27(18-13-23)30(7-3)8-4/h10-13,15-20H,5-9,14,21H2,1-4H3/b24-19+,25-20-. The SMILES string of the molecule is CCN(CC)c1ccc(/C=C2/CC/C(=C\c3ccc(N(CC)CC)cc3)CC2=O)cc1. The van der Waals surface area contributed by atoms with Gasteiger partial charge in [-0.2, -0.15) is 0 Å². The van der Waals surface area contributed by atoms with Gasteiger partial charge in [-0.25, -0.2) is 0 Å². The zero-order valence-corrected chi connectivity index (χ0v) is 19.5. The molecule has 0 N–H and O–H groups in total. The minimum Gasteiger partial charge on any atom is -0.372 e. The molecule has 2 aromatic rings. The zero-order chi connectivity index (χ0) is 22.2. The fourth-order valence-corrected chi connectivity index (χ4v) is 4.30. The van der Waals surface area contributed by atoms with E-state index in [0.717, 1.165) is 50.2 Å². The van der Waals surface area contributed by atoms with E-state index in [1.807, 2.05) is 0 Å². The predicted molar refractivity (Wildman–Crippen MR) is 135 cm³/mol. The maximum absolute atomic E-state index is 12.8. The Balaban J connectivity index is 1.65. The molecule has 1 saturated carbocycles. The topological polar surface area (TPSA) is 23.6 Å². The Kier molecular flexibility index (Phi) is 8.11. The van der Waals surface area contributed by atoms with Crippen molar-refractivity contribution in [2.75, 3.05) is 36.0 Å². The molecule has 0 aromatic heterocycles. The number of rotatable bonds is 8. The number of hydrogen-bond acceptors (Lipinski definition) is 3. The van der Waals surface area contributed by atoms with Gasteiger partial charge in [-0.3, -0.25) is 4.79 Å². The molecule has 0 atom stereocenters. The minimum atomic E-state index is 0.255. The Morgan fingerprint density at radius 2 is 1.13 bits per heavy atom. The third-order valence-corrected chi connectivity index (χ3v) is 6.22. The first-order chi connectivity index (χ1) is 15.1. The summed E-state index contributed by atoms with van der Waals surface area (Å²) >= 11 is 0. The van der Waals surface area contributed by atoms with Crippen molar-refractivity contribution in [3.8, 4) is 0 Å². The third kappa shape index (κ3) is 5.88. The fraction of sp³-hybridized carbons (Fsp3) is 0.393. The first-order valence-electron chi connectivity index (χ1n) is 11.7. The monoisotopic (exact) mass is 416 g/mol. The average Bonchev–Trinajstić information content (AvgIpc) is 2.79. The molecule has 164 valence electrons. The summed E-state index contributed by atoms with van der Waals surface area (Å²) in [6.45, 7) is 12.7. The van der Waals surface area contributed by atoms with Crippen LogP contribution < -0.4 is 9.80 Å². The van der Waals surface area contributed by atoms with E-state index >= 15 is 0 Å². The highest BCUT2D eigenvalue weighted by Crippen LogP contribution is 2.29. The van der Waals surface area contributed by atoms with Gasteiger partial charge in [-0.15, -0.1) is 0 Å². The van der Waals surface area contributed by atoms with Gasteiger partial charge < -0.3 is 9.80 Å². The molecule has 31 heavy (non-hydrogen) atoms. The summed E-state index contributed by atoms with van der Waals surface area (Å²) in [5.41, 5.74) is 6.96. The second kappa shape index (κ2) is 11.0. The van der Waals surface area contributed by atoms with Crippen LogP contribution in [-0.2, 0) is 4.79 Å². The van der Waals surface area contributed by atoms with E-state index in [4.69, 9.17) is 0 Å². The van der Waals surface area contributed by atoms with Crippen LogP contribution in [0.2, 0.25) is 0 Å². The van der Waals surface area contributed by atoms with E-state index in [2.05, 4.69) is 98.2 Å². The predicted octanol–water partition coefficient (Wildman–Crippen LogP) is 6.60. The van der Waals surface area contributed by atoms with Gasteiger partial charge in [0.25, 0.3) is 0 Å². The van der Waals surface area contributed by atoms with Crippen LogP contribution in [0.15, 0.2) is 59.7 Å². The molecule has 0 unspecified atom stereocenters. The number of ketones is 1. The molecule has 0 saturated heterocycles. The van der Waals surface area contributed by atoms with E-state index in [1.165, 1.54) is 22.5 Å². The van der Waals surface area contributed by atoms with Crippen molar-refractivity contribution in [3.05, 3.63) is 70.8 Å². The van der Waals surface area contributed by atoms with Crippen molar-refractivity contribution in [2.24, 2.45) is 0 Å². The normalized spacial score (nSPS) is 16.7. The Hall–Kier alpha value is -2.81. The Morgan fingerprint density at radius 1 is 0.677 bits per heavy atom. The first kappa shape index (κ1) is 22.9. The average molecular weight is 417 g/mol. The summed E-state index contributed by atoms with van der Waals surface area (Å²) in [6, 6.07) is 17.2. The number of hydrogen-bond donors (Lipinski definition) is 0. The molecular formula is C28H36N2O. The quantitative estimate of drug-likeness (QED) is 0.453. The molecule has 3 nitrogen and oxygen atoms in total. The molecule has 1 aliphatic carbocycles. The van der Waals surface area contributed by atoms with E-state index in [0.29, 0.717) is 6.42 Å².